The minimum atomic E-state index is 0.716. The summed E-state index contributed by atoms with van der Waals surface area (Å²) in [6, 6.07) is 0. The summed E-state index contributed by atoms with van der Waals surface area (Å²) < 4.78 is 0. The molecular formula is C15H27N3. The van der Waals surface area contributed by atoms with Crippen molar-refractivity contribution in [2.45, 2.75) is 58.4 Å². The van der Waals surface area contributed by atoms with E-state index in [1.54, 1.807) is 0 Å². The highest BCUT2D eigenvalue weighted by atomic mass is 15.1. The van der Waals surface area contributed by atoms with Gasteiger partial charge in [0.05, 0.1) is 6.20 Å². The molecule has 0 atom stereocenters. The van der Waals surface area contributed by atoms with Gasteiger partial charge in [-0.05, 0) is 38.8 Å². The highest BCUT2D eigenvalue weighted by Crippen LogP contribution is 2.36. The molecule has 0 radical (unpaired) electrons. The van der Waals surface area contributed by atoms with Crippen LogP contribution in [0.3, 0.4) is 0 Å². The van der Waals surface area contributed by atoms with E-state index in [1.165, 1.54) is 43.4 Å². The molecule has 3 heteroatoms. The van der Waals surface area contributed by atoms with E-state index in [9.17, 15) is 0 Å². The number of hydrogen-bond donors (Lipinski definition) is 1. The fourth-order valence-corrected chi connectivity index (χ4v) is 3.10. The first kappa shape index (κ1) is 13.6. The molecule has 2 rings (SSSR count). The molecule has 0 amide bonds. The number of nitrogens with one attached hydrogen (secondary N) is 1. The Morgan fingerprint density at radius 3 is 2.72 bits per heavy atom. The summed E-state index contributed by atoms with van der Waals surface area (Å²) in [5, 5.41) is 7.54. The second kappa shape index (κ2) is 6.37. The summed E-state index contributed by atoms with van der Waals surface area (Å²) in [4.78, 5) is 2.39. The van der Waals surface area contributed by atoms with E-state index in [1.807, 2.05) is 6.20 Å². The average molecular weight is 249 g/mol. The predicted molar refractivity (Wildman–Crippen MR) is 75.6 cm³/mol. The van der Waals surface area contributed by atoms with Crippen molar-refractivity contribution in [2.75, 3.05) is 13.6 Å². The van der Waals surface area contributed by atoms with Crippen molar-refractivity contribution in [3.05, 3.63) is 17.5 Å². The number of rotatable bonds is 5. The maximum absolute atomic E-state index is 4.28. The zero-order chi connectivity index (χ0) is 13.0. The lowest BCUT2D eigenvalue weighted by Gasteiger charge is -2.26. The minimum absolute atomic E-state index is 0.716. The first-order valence-corrected chi connectivity index (χ1v) is 7.41. The van der Waals surface area contributed by atoms with Gasteiger partial charge in [0.1, 0.15) is 0 Å². The molecule has 1 heterocycles. The summed E-state index contributed by atoms with van der Waals surface area (Å²) in [6.45, 7) is 6.80. The Morgan fingerprint density at radius 2 is 2.06 bits per heavy atom. The molecule has 1 N–H and O–H groups in total. The summed E-state index contributed by atoms with van der Waals surface area (Å²) in [5.74, 6) is 1.63. The molecular weight excluding hydrogens is 222 g/mol. The minimum Gasteiger partial charge on any atom is -0.302 e. The van der Waals surface area contributed by atoms with E-state index < -0.39 is 0 Å². The highest BCUT2D eigenvalue weighted by molar-refractivity contribution is 5.21. The maximum atomic E-state index is 4.28. The standard InChI is InChI=1S/C15H27N3/c1-4-9-18(3)11-14-10-16-17-15(14)13-7-5-12(2)6-8-13/h10,12-13H,4-9,11H2,1-3H3,(H,16,17). The van der Waals surface area contributed by atoms with E-state index in [0.29, 0.717) is 5.92 Å². The van der Waals surface area contributed by atoms with Crippen LogP contribution in [0.25, 0.3) is 0 Å². The summed E-state index contributed by atoms with van der Waals surface area (Å²) in [5.41, 5.74) is 2.82. The topological polar surface area (TPSA) is 31.9 Å². The van der Waals surface area contributed by atoms with Gasteiger partial charge in [0.2, 0.25) is 0 Å². The van der Waals surface area contributed by atoms with Crippen LogP contribution in [0.15, 0.2) is 6.20 Å². The van der Waals surface area contributed by atoms with Gasteiger partial charge in [-0.15, -0.1) is 0 Å². The lowest BCUT2D eigenvalue weighted by atomic mass is 9.80. The molecule has 102 valence electrons. The van der Waals surface area contributed by atoms with Gasteiger partial charge in [0.15, 0.2) is 0 Å². The first-order chi connectivity index (χ1) is 8.70. The van der Waals surface area contributed by atoms with Gasteiger partial charge in [-0.25, -0.2) is 0 Å². The summed E-state index contributed by atoms with van der Waals surface area (Å²) >= 11 is 0. The Balaban J connectivity index is 1.98. The van der Waals surface area contributed by atoms with E-state index in [-0.39, 0.29) is 0 Å². The molecule has 0 saturated heterocycles. The lowest BCUT2D eigenvalue weighted by molar-refractivity contribution is 0.317. The summed E-state index contributed by atoms with van der Waals surface area (Å²) in [6.07, 6.45) is 8.63. The molecule has 3 nitrogen and oxygen atoms in total. The van der Waals surface area contributed by atoms with Gasteiger partial charge in [-0.3, -0.25) is 5.10 Å². The number of hydrogen-bond acceptors (Lipinski definition) is 2. The van der Waals surface area contributed by atoms with Gasteiger partial charge in [-0.1, -0.05) is 26.7 Å². The molecule has 0 aliphatic heterocycles. The number of H-pyrrole nitrogens is 1. The molecule has 0 bridgehead atoms. The van der Waals surface area contributed by atoms with Crippen molar-refractivity contribution < 1.29 is 0 Å². The highest BCUT2D eigenvalue weighted by Gasteiger charge is 2.23. The molecule has 1 saturated carbocycles. The molecule has 1 aromatic heterocycles. The van der Waals surface area contributed by atoms with Crippen LogP contribution in [-0.4, -0.2) is 28.7 Å². The third kappa shape index (κ3) is 3.35. The van der Waals surface area contributed by atoms with Gasteiger partial charge < -0.3 is 4.90 Å². The van der Waals surface area contributed by atoms with E-state index in [2.05, 4.69) is 36.0 Å². The van der Waals surface area contributed by atoms with E-state index in [4.69, 9.17) is 0 Å². The van der Waals surface area contributed by atoms with Crippen LogP contribution in [-0.2, 0) is 6.54 Å². The second-order valence-electron chi connectivity index (χ2n) is 6.00. The average Bonchev–Trinajstić information content (AvgIpc) is 2.78. The van der Waals surface area contributed by atoms with Crippen LogP contribution < -0.4 is 0 Å². The zero-order valence-corrected chi connectivity index (χ0v) is 12.1. The monoisotopic (exact) mass is 249 g/mol. The van der Waals surface area contributed by atoms with Crippen molar-refractivity contribution in [3.63, 3.8) is 0 Å². The SMILES string of the molecule is CCCN(C)Cc1cn[nH]c1C1CCC(C)CC1. The smallest absolute Gasteiger partial charge is 0.0535 e. The molecule has 18 heavy (non-hydrogen) atoms. The lowest BCUT2D eigenvalue weighted by Crippen LogP contribution is -2.20. The van der Waals surface area contributed by atoms with Crippen LogP contribution in [0.2, 0.25) is 0 Å². The normalized spacial score (nSPS) is 24.7. The number of aromatic amines is 1. The first-order valence-electron chi connectivity index (χ1n) is 7.41. The second-order valence-corrected chi connectivity index (χ2v) is 6.00. The Kier molecular flexibility index (Phi) is 4.81. The Labute approximate surface area is 111 Å². The van der Waals surface area contributed by atoms with Gasteiger partial charge in [0.25, 0.3) is 0 Å². The van der Waals surface area contributed by atoms with Gasteiger partial charge >= 0.3 is 0 Å². The van der Waals surface area contributed by atoms with Crippen molar-refractivity contribution in [1.29, 1.82) is 0 Å². The molecule has 1 fully saturated rings. The predicted octanol–water partition coefficient (Wildman–Crippen LogP) is 3.55. The van der Waals surface area contributed by atoms with Crippen molar-refractivity contribution in [3.8, 4) is 0 Å². The third-order valence-corrected chi connectivity index (χ3v) is 4.22. The van der Waals surface area contributed by atoms with Crippen LogP contribution in [0.4, 0.5) is 0 Å². The molecule has 1 aliphatic rings. The molecule has 0 unspecified atom stereocenters. The van der Waals surface area contributed by atoms with Gasteiger partial charge in [-0.2, -0.15) is 5.10 Å². The zero-order valence-electron chi connectivity index (χ0n) is 12.1. The molecule has 0 aromatic carbocycles. The van der Waals surface area contributed by atoms with Crippen LogP contribution in [0.5, 0.6) is 0 Å². The summed E-state index contributed by atoms with van der Waals surface area (Å²) in [7, 11) is 2.20. The van der Waals surface area contributed by atoms with E-state index in [0.717, 1.165) is 19.0 Å². The van der Waals surface area contributed by atoms with E-state index >= 15 is 0 Å². The van der Waals surface area contributed by atoms with Crippen LogP contribution in [0, 0.1) is 5.92 Å². The van der Waals surface area contributed by atoms with Crippen molar-refractivity contribution >= 4 is 0 Å². The maximum Gasteiger partial charge on any atom is 0.0535 e. The molecule has 1 aliphatic carbocycles. The quantitative estimate of drug-likeness (QED) is 0.865. The molecule has 0 spiro atoms. The van der Waals surface area contributed by atoms with Crippen LogP contribution in [0.1, 0.15) is 63.1 Å². The van der Waals surface area contributed by atoms with Gasteiger partial charge in [0, 0.05) is 23.7 Å². The van der Waals surface area contributed by atoms with Crippen LogP contribution >= 0.6 is 0 Å². The Hall–Kier alpha value is -0.830. The molecule has 1 aromatic rings. The number of aromatic nitrogens is 2. The Morgan fingerprint density at radius 1 is 1.33 bits per heavy atom. The number of nitrogens with zero attached hydrogens (tertiary/aromatic N) is 2. The fourth-order valence-electron chi connectivity index (χ4n) is 3.10. The largest absolute Gasteiger partial charge is 0.302 e. The Bertz CT molecular complexity index is 350. The van der Waals surface area contributed by atoms with Crippen molar-refractivity contribution in [2.24, 2.45) is 5.92 Å². The van der Waals surface area contributed by atoms with Crippen molar-refractivity contribution in [1.82, 2.24) is 15.1 Å². The fraction of sp³-hybridized carbons (Fsp3) is 0.800. The third-order valence-electron chi connectivity index (χ3n) is 4.22.